The van der Waals surface area contributed by atoms with Crippen LogP contribution >= 0.6 is 0 Å². The number of amides is 2. The zero-order valence-electron chi connectivity index (χ0n) is 13.9. The molecule has 1 fully saturated rings. The number of aliphatic hydroxyl groups is 1. The van der Waals surface area contributed by atoms with Crippen LogP contribution in [0, 0.1) is 0 Å². The predicted molar refractivity (Wildman–Crippen MR) is 91.2 cm³/mol. The summed E-state index contributed by atoms with van der Waals surface area (Å²) in [5.41, 5.74) is 1.86. The second-order valence-electron chi connectivity index (χ2n) is 6.26. The average Bonchev–Trinajstić information content (AvgIpc) is 3.22. The number of likely N-dealkylation sites (tertiary alicyclic amines) is 1. The van der Waals surface area contributed by atoms with Crippen LogP contribution in [-0.2, 0) is 13.6 Å². The molecule has 128 valence electrons. The van der Waals surface area contributed by atoms with Crippen molar-refractivity contribution in [2.45, 2.75) is 38.0 Å². The van der Waals surface area contributed by atoms with Gasteiger partial charge in [0.1, 0.15) is 0 Å². The summed E-state index contributed by atoms with van der Waals surface area (Å²) in [6.07, 6.45) is 3.66. The lowest BCUT2D eigenvalue weighted by atomic mass is 10.0. The predicted octanol–water partition coefficient (Wildman–Crippen LogP) is 2.22. The number of benzene rings is 1. The number of rotatable bonds is 5. The van der Waals surface area contributed by atoms with Crippen LogP contribution in [0.1, 0.15) is 36.6 Å². The summed E-state index contributed by atoms with van der Waals surface area (Å²) in [6.45, 7) is 1.20. The van der Waals surface area contributed by atoms with E-state index in [1.54, 1.807) is 10.9 Å². The van der Waals surface area contributed by atoms with Crippen LogP contribution in [0.2, 0.25) is 0 Å². The normalized spacial score (nSPS) is 18.6. The smallest absolute Gasteiger partial charge is 0.317 e. The van der Waals surface area contributed by atoms with Gasteiger partial charge in [-0.2, -0.15) is 5.10 Å². The van der Waals surface area contributed by atoms with Crippen molar-refractivity contribution in [3.8, 4) is 0 Å². The quantitative estimate of drug-likeness (QED) is 0.884. The minimum Gasteiger partial charge on any atom is -0.388 e. The maximum Gasteiger partial charge on any atom is 0.317 e. The average molecular weight is 328 g/mol. The first-order valence-electron chi connectivity index (χ1n) is 8.39. The maximum atomic E-state index is 12.5. The van der Waals surface area contributed by atoms with Gasteiger partial charge in [0.2, 0.25) is 0 Å². The Balaban J connectivity index is 1.56. The molecule has 0 radical (unpaired) electrons. The van der Waals surface area contributed by atoms with Gasteiger partial charge in [-0.3, -0.25) is 4.68 Å². The number of nitrogens with zero attached hydrogens (tertiary/aromatic N) is 3. The first-order chi connectivity index (χ1) is 11.6. The number of aliphatic hydroxyl groups excluding tert-OH is 1. The molecule has 3 rings (SSSR count). The van der Waals surface area contributed by atoms with E-state index in [-0.39, 0.29) is 12.1 Å². The van der Waals surface area contributed by atoms with Crippen LogP contribution < -0.4 is 5.32 Å². The van der Waals surface area contributed by atoms with Crippen LogP contribution in [0.4, 0.5) is 4.79 Å². The highest BCUT2D eigenvalue weighted by atomic mass is 16.3. The highest BCUT2D eigenvalue weighted by molar-refractivity contribution is 5.74. The van der Waals surface area contributed by atoms with Crippen molar-refractivity contribution in [3.05, 3.63) is 53.9 Å². The van der Waals surface area contributed by atoms with E-state index in [1.807, 2.05) is 48.3 Å². The number of carbonyl (C=O) groups is 1. The fourth-order valence-electron chi connectivity index (χ4n) is 3.26. The largest absolute Gasteiger partial charge is 0.388 e. The van der Waals surface area contributed by atoms with E-state index in [0.29, 0.717) is 13.0 Å². The van der Waals surface area contributed by atoms with Gasteiger partial charge in [-0.15, -0.1) is 0 Å². The summed E-state index contributed by atoms with van der Waals surface area (Å²) in [6, 6.07) is 11.5. The standard InChI is InChI=1S/C18H24N4O2/c1-21-16(9-10-20-21)13-19-18(24)22-11-5-8-15(22)12-17(23)14-6-3-2-4-7-14/h2-4,6-7,9-10,15,17,23H,5,8,11-13H2,1H3,(H,19,24). The van der Waals surface area contributed by atoms with Crippen molar-refractivity contribution < 1.29 is 9.90 Å². The van der Waals surface area contributed by atoms with E-state index in [1.165, 1.54) is 0 Å². The minimum atomic E-state index is -0.540. The van der Waals surface area contributed by atoms with E-state index in [0.717, 1.165) is 30.6 Å². The molecular weight excluding hydrogens is 304 g/mol. The molecule has 0 saturated carbocycles. The number of hydrogen-bond acceptors (Lipinski definition) is 3. The first kappa shape index (κ1) is 16.5. The molecule has 2 unspecified atom stereocenters. The number of hydrogen-bond donors (Lipinski definition) is 2. The second kappa shape index (κ2) is 7.49. The van der Waals surface area contributed by atoms with E-state index >= 15 is 0 Å². The van der Waals surface area contributed by atoms with Crippen molar-refractivity contribution in [2.24, 2.45) is 7.05 Å². The fourth-order valence-corrected chi connectivity index (χ4v) is 3.26. The summed E-state index contributed by atoms with van der Waals surface area (Å²) in [7, 11) is 1.86. The lowest BCUT2D eigenvalue weighted by Gasteiger charge is -2.27. The van der Waals surface area contributed by atoms with Gasteiger partial charge in [-0.05, 0) is 30.9 Å². The van der Waals surface area contributed by atoms with Gasteiger partial charge < -0.3 is 15.3 Å². The molecule has 1 aliphatic rings. The zero-order valence-corrected chi connectivity index (χ0v) is 13.9. The van der Waals surface area contributed by atoms with Crippen LogP contribution in [-0.4, -0.2) is 38.4 Å². The molecule has 2 heterocycles. The summed E-state index contributed by atoms with van der Waals surface area (Å²) in [4.78, 5) is 14.3. The molecule has 6 heteroatoms. The van der Waals surface area contributed by atoms with Gasteiger partial charge in [-0.25, -0.2) is 4.79 Å². The highest BCUT2D eigenvalue weighted by Gasteiger charge is 2.30. The molecule has 2 atom stereocenters. The van der Waals surface area contributed by atoms with E-state index in [9.17, 15) is 9.90 Å². The van der Waals surface area contributed by atoms with Crippen molar-refractivity contribution in [2.75, 3.05) is 6.54 Å². The van der Waals surface area contributed by atoms with Gasteiger partial charge in [0.15, 0.2) is 0 Å². The SMILES string of the molecule is Cn1nccc1CNC(=O)N1CCCC1CC(O)c1ccccc1. The monoisotopic (exact) mass is 328 g/mol. The lowest BCUT2D eigenvalue weighted by Crippen LogP contribution is -2.43. The molecular formula is C18H24N4O2. The molecule has 1 aromatic heterocycles. The van der Waals surface area contributed by atoms with Crippen LogP contribution in [0.5, 0.6) is 0 Å². The molecule has 2 N–H and O–H groups in total. The molecule has 2 amide bonds. The zero-order chi connectivity index (χ0) is 16.9. The summed E-state index contributed by atoms with van der Waals surface area (Å²) < 4.78 is 1.75. The molecule has 0 aliphatic carbocycles. The summed E-state index contributed by atoms with van der Waals surface area (Å²) in [5.74, 6) is 0. The molecule has 0 spiro atoms. The molecule has 2 aromatic rings. The lowest BCUT2D eigenvalue weighted by molar-refractivity contribution is 0.126. The van der Waals surface area contributed by atoms with Crippen molar-refractivity contribution in [3.63, 3.8) is 0 Å². The fraction of sp³-hybridized carbons (Fsp3) is 0.444. The maximum absolute atomic E-state index is 12.5. The van der Waals surface area contributed by atoms with Gasteiger partial charge in [0, 0.05) is 25.8 Å². The van der Waals surface area contributed by atoms with Gasteiger partial charge >= 0.3 is 6.03 Å². The Labute approximate surface area is 142 Å². The van der Waals surface area contributed by atoms with Crippen molar-refractivity contribution in [1.82, 2.24) is 20.0 Å². The second-order valence-corrected chi connectivity index (χ2v) is 6.26. The van der Waals surface area contributed by atoms with E-state index in [4.69, 9.17) is 0 Å². The van der Waals surface area contributed by atoms with Crippen LogP contribution in [0.3, 0.4) is 0 Å². The van der Waals surface area contributed by atoms with Crippen LogP contribution in [0.25, 0.3) is 0 Å². The van der Waals surface area contributed by atoms with E-state index < -0.39 is 6.10 Å². The molecule has 1 saturated heterocycles. The molecule has 1 aliphatic heterocycles. The highest BCUT2D eigenvalue weighted by Crippen LogP contribution is 2.27. The Bertz CT molecular complexity index is 671. The number of carbonyl (C=O) groups excluding carboxylic acids is 1. The Kier molecular flexibility index (Phi) is 5.15. The van der Waals surface area contributed by atoms with Crippen molar-refractivity contribution in [1.29, 1.82) is 0 Å². The van der Waals surface area contributed by atoms with Crippen molar-refractivity contribution >= 4 is 6.03 Å². The Morgan fingerprint density at radius 2 is 2.17 bits per heavy atom. The molecule has 0 bridgehead atoms. The first-order valence-corrected chi connectivity index (χ1v) is 8.39. The third kappa shape index (κ3) is 3.76. The minimum absolute atomic E-state index is 0.0704. The Morgan fingerprint density at radius 3 is 2.88 bits per heavy atom. The van der Waals surface area contributed by atoms with Gasteiger partial charge in [0.05, 0.1) is 18.3 Å². The van der Waals surface area contributed by atoms with Crippen LogP contribution in [0.15, 0.2) is 42.6 Å². The molecule has 24 heavy (non-hydrogen) atoms. The van der Waals surface area contributed by atoms with E-state index in [2.05, 4.69) is 10.4 Å². The summed E-state index contributed by atoms with van der Waals surface area (Å²) in [5, 5.41) is 17.5. The number of aromatic nitrogens is 2. The number of aryl methyl sites for hydroxylation is 1. The van der Waals surface area contributed by atoms with Gasteiger partial charge in [-0.1, -0.05) is 30.3 Å². The summed E-state index contributed by atoms with van der Waals surface area (Å²) >= 11 is 0. The third-order valence-corrected chi connectivity index (χ3v) is 4.66. The molecule has 6 nitrogen and oxygen atoms in total. The Hall–Kier alpha value is -2.34. The third-order valence-electron chi connectivity index (χ3n) is 4.66. The molecule has 1 aromatic carbocycles. The number of urea groups is 1. The van der Waals surface area contributed by atoms with Gasteiger partial charge in [0.25, 0.3) is 0 Å². The Morgan fingerprint density at radius 1 is 1.38 bits per heavy atom. The topological polar surface area (TPSA) is 70.4 Å². The number of nitrogens with one attached hydrogen (secondary N) is 1.